The molecule has 150 valence electrons. The first-order valence-electron chi connectivity index (χ1n) is 10.9. The SMILES string of the molecule is c1ccc(-c2nc(N3CCCC(c4nnc5n4CCC5)C3)nc3ccccc23)cc1. The number of piperidine rings is 1. The molecule has 0 aliphatic carbocycles. The number of fused-ring (bicyclic) bond motifs is 2. The Bertz CT molecular complexity index is 1200. The number of nitrogens with zero attached hydrogens (tertiary/aromatic N) is 6. The zero-order chi connectivity index (χ0) is 19.9. The van der Waals surface area contributed by atoms with Crippen LogP contribution in [0.2, 0.25) is 0 Å². The lowest BCUT2D eigenvalue weighted by Gasteiger charge is -2.32. The third-order valence-electron chi connectivity index (χ3n) is 6.35. The second-order valence-electron chi connectivity index (χ2n) is 8.27. The van der Waals surface area contributed by atoms with E-state index in [9.17, 15) is 0 Å². The van der Waals surface area contributed by atoms with Gasteiger partial charge in [0, 0.05) is 42.9 Å². The maximum absolute atomic E-state index is 5.06. The van der Waals surface area contributed by atoms with E-state index in [1.165, 1.54) is 6.42 Å². The molecule has 0 spiro atoms. The molecule has 0 radical (unpaired) electrons. The van der Waals surface area contributed by atoms with E-state index >= 15 is 0 Å². The van der Waals surface area contributed by atoms with Crippen molar-refractivity contribution in [1.29, 1.82) is 0 Å². The molecular weight excluding hydrogens is 372 g/mol. The standard InChI is InChI=1S/C24H24N6/c1-2-8-17(9-3-1)22-19-11-4-5-12-20(19)25-24(26-22)29-14-6-10-18(16-29)23-28-27-21-13-7-15-30(21)23/h1-5,8-9,11-12,18H,6-7,10,13-16H2. The largest absolute Gasteiger partial charge is 0.340 e. The molecule has 0 bridgehead atoms. The van der Waals surface area contributed by atoms with E-state index in [-0.39, 0.29) is 0 Å². The minimum atomic E-state index is 0.383. The van der Waals surface area contributed by atoms with Gasteiger partial charge in [0.15, 0.2) is 0 Å². The molecular formula is C24H24N6. The predicted molar refractivity (Wildman–Crippen MR) is 118 cm³/mol. The van der Waals surface area contributed by atoms with Crippen LogP contribution in [0.15, 0.2) is 54.6 Å². The zero-order valence-electron chi connectivity index (χ0n) is 16.9. The van der Waals surface area contributed by atoms with Crippen molar-refractivity contribution in [2.24, 2.45) is 0 Å². The molecule has 1 atom stereocenters. The van der Waals surface area contributed by atoms with Crippen LogP contribution in [0.4, 0.5) is 5.95 Å². The van der Waals surface area contributed by atoms with Crippen LogP contribution in [-0.4, -0.2) is 37.8 Å². The molecule has 0 N–H and O–H groups in total. The highest BCUT2D eigenvalue weighted by molar-refractivity contribution is 5.93. The highest BCUT2D eigenvalue weighted by atomic mass is 15.3. The number of aryl methyl sites for hydroxylation is 1. The van der Waals surface area contributed by atoms with Crippen LogP contribution in [0.3, 0.4) is 0 Å². The summed E-state index contributed by atoms with van der Waals surface area (Å²) < 4.78 is 2.34. The van der Waals surface area contributed by atoms with Crippen molar-refractivity contribution in [3.05, 3.63) is 66.2 Å². The van der Waals surface area contributed by atoms with E-state index in [4.69, 9.17) is 9.97 Å². The molecule has 0 saturated carbocycles. The fraction of sp³-hybridized carbons (Fsp3) is 0.333. The number of benzene rings is 2. The first-order valence-corrected chi connectivity index (χ1v) is 10.9. The fourth-order valence-corrected chi connectivity index (χ4v) is 4.87. The van der Waals surface area contributed by atoms with E-state index in [0.29, 0.717) is 5.92 Å². The summed E-state index contributed by atoms with van der Waals surface area (Å²) in [6.07, 6.45) is 4.50. The molecule has 6 rings (SSSR count). The van der Waals surface area contributed by atoms with Crippen molar-refractivity contribution < 1.29 is 0 Å². The van der Waals surface area contributed by atoms with Gasteiger partial charge in [0.05, 0.1) is 11.2 Å². The smallest absolute Gasteiger partial charge is 0.226 e. The van der Waals surface area contributed by atoms with Crippen LogP contribution in [0.5, 0.6) is 0 Å². The van der Waals surface area contributed by atoms with Crippen molar-refractivity contribution in [2.45, 2.75) is 38.1 Å². The molecule has 30 heavy (non-hydrogen) atoms. The minimum absolute atomic E-state index is 0.383. The number of hydrogen-bond acceptors (Lipinski definition) is 5. The van der Waals surface area contributed by atoms with Gasteiger partial charge in [-0.3, -0.25) is 0 Å². The molecule has 1 saturated heterocycles. The Morgan fingerprint density at radius 1 is 0.833 bits per heavy atom. The molecule has 6 heteroatoms. The van der Waals surface area contributed by atoms with Gasteiger partial charge in [-0.15, -0.1) is 10.2 Å². The Labute approximate surface area is 175 Å². The van der Waals surface area contributed by atoms with Crippen LogP contribution in [-0.2, 0) is 13.0 Å². The van der Waals surface area contributed by atoms with Crippen LogP contribution >= 0.6 is 0 Å². The van der Waals surface area contributed by atoms with Gasteiger partial charge in [-0.2, -0.15) is 0 Å². The molecule has 2 aromatic heterocycles. The molecule has 6 nitrogen and oxygen atoms in total. The van der Waals surface area contributed by atoms with Gasteiger partial charge in [0.2, 0.25) is 5.95 Å². The van der Waals surface area contributed by atoms with Crippen LogP contribution in [0.1, 0.15) is 36.8 Å². The summed E-state index contributed by atoms with van der Waals surface area (Å²) in [6.45, 7) is 2.92. The van der Waals surface area contributed by atoms with E-state index in [0.717, 1.165) is 78.7 Å². The first kappa shape index (κ1) is 17.6. The second-order valence-corrected chi connectivity index (χ2v) is 8.27. The molecule has 1 fully saturated rings. The third-order valence-corrected chi connectivity index (χ3v) is 6.35. The van der Waals surface area contributed by atoms with Gasteiger partial charge in [0.1, 0.15) is 11.6 Å². The second kappa shape index (κ2) is 7.20. The van der Waals surface area contributed by atoms with Crippen LogP contribution in [0, 0.1) is 0 Å². The summed E-state index contributed by atoms with van der Waals surface area (Å²) in [5.41, 5.74) is 3.12. The Balaban J connectivity index is 1.39. The average Bonchev–Trinajstić information content (AvgIpc) is 3.43. The number of aromatic nitrogens is 5. The van der Waals surface area contributed by atoms with E-state index in [2.05, 4.69) is 62.1 Å². The molecule has 2 aliphatic heterocycles. The van der Waals surface area contributed by atoms with Crippen molar-refractivity contribution >= 4 is 16.9 Å². The van der Waals surface area contributed by atoms with Gasteiger partial charge in [-0.1, -0.05) is 48.5 Å². The number of rotatable bonds is 3. The fourth-order valence-electron chi connectivity index (χ4n) is 4.87. The van der Waals surface area contributed by atoms with Crippen LogP contribution in [0.25, 0.3) is 22.2 Å². The predicted octanol–water partition coefficient (Wildman–Crippen LogP) is 4.22. The number of hydrogen-bond donors (Lipinski definition) is 0. The van der Waals surface area contributed by atoms with E-state index in [1.54, 1.807) is 0 Å². The summed E-state index contributed by atoms with van der Waals surface area (Å²) in [6, 6.07) is 18.7. The maximum Gasteiger partial charge on any atom is 0.226 e. The normalized spacial score (nSPS) is 18.7. The lowest BCUT2D eigenvalue weighted by atomic mass is 9.97. The highest BCUT2D eigenvalue weighted by Gasteiger charge is 2.29. The Hall–Kier alpha value is -3.28. The molecule has 1 unspecified atom stereocenters. The maximum atomic E-state index is 5.06. The third kappa shape index (κ3) is 2.95. The molecule has 2 aromatic carbocycles. The van der Waals surface area contributed by atoms with Gasteiger partial charge in [-0.05, 0) is 25.3 Å². The average molecular weight is 396 g/mol. The van der Waals surface area contributed by atoms with Gasteiger partial charge < -0.3 is 9.47 Å². The van der Waals surface area contributed by atoms with Gasteiger partial charge in [-0.25, -0.2) is 9.97 Å². The van der Waals surface area contributed by atoms with Gasteiger partial charge in [0.25, 0.3) is 0 Å². The lowest BCUT2D eigenvalue weighted by Crippen LogP contribution is -2.36. The van der Waals surface area contributed by atoms with Crippen molar-refractivity contribution in [2.75, 3.05) is 18.0 Å². The molecule has 0 amide bonds. The van der Waals surface area contributed by atoms with Crippen molar-refractivity contribution in [1.82, 2.24) is 24.7 Å². The number of anilines is 1. The minimum Gasteiger partial charge on any atom is -0.340 e. The van der Waals surface area contributed by atoms with E-state index in [1.807, 2.05) is 12.1 Å². The Kier molecular flexibility index (Phi) is 4.22. The van der Waals surface area contributed by atoms with Crippen molar-refractivity contribution in [3.63, 3.8) is 0 Å². The summed E-state index contributed by atoms with van der Waals surface area (Å²) in [5.74, 6) is 3.50. The summed E-state index contributed by atoms with van der Waals surface area (Å²) in [5, 5.41) is 10.1. The zero-order valence-corrected chi connectivity index (χ0v) is 16.9. The highest BCUT2D eigenvalue weighted by Crippen LogP contribution is 2.32. The Morgan fingerprint density at radius 2 is 1.70 bits per heavy atom. The summed E-state index contributed by atoms with van der Waals surface area (Å²) >= 11 is 0. The monoisotopic (exact) mass is 396 g/mol. The van der Waals surface area contributed by atoms with Crippen molar-refractivity contribution in [3.8, 4) is 11.3 Å². The molecule has 2 aliphatic rings. The Morgan fingerprint density at radius 3 is 2.63 bits per heavy atom. The van der Waals surface area contributed by atoms with Gasteiger partial charge >= 0.3 is 0 Å². The first-order chi connectivity index (χ1) is 14.9. The van der Waals surface area contributed by atoms with E-state index < -0.39 is 0 Å². The topological polar surface area (TPSA) is 59.7 Å². The molecule has 4 aromatic rings. The summed E-state index contributed by atoms with van der Waals surface area (Å²) in [4.78, 5) is 12.3. The molecule has 4 heterocycles. The quantitative estimate of drug-likeness (QED) is 0.519. The number of para-hydroxylation sites is 1. The van der Waals surface area contributed by atoms with Crippen LogP contribution < -0.4 is 4.90 Å². The summed E-state index contributed by atoms with van der Waals surface area (Å²) in [7, 11) is 0. The lowest BCUT2D eigenvalue weighted by molar-refractivity contribution is 0.469.